The van der Waals surface area contributed by atoms with Gasteiger partial charge in [-0.1, -0.05) is 6.07 Å². The van der Waals surface area contributed by atoms with Gasteiger partial charge in [-0.25, -0.2) is 0 Å². The molecule has 3 nitrogen and oxygen atoms in total. The Kier molecular flexibility index (Phi) is 2.97. The maximum atomic E-state index is 9.70. The van der Waals surface area contributed by atoms with E-state index in [0.717, 1.165) is 31.3 Å². The maximum absolute atomic E-state index is 9.70. The van der Waals surface area contributed by atoms with Crippen LogP contribution in [-0.2, 0) is 0 Å². The highest BCUT2D eigenvalue weighted by atomic mass is 32.1. The van der Waals surface area contributed by atoms with Crippen LogP contribution in [0.3, 0.4) is 0 Å². The van der Waals surface area contributed by atoms with E-state index in [1.165, 1.54) is 0 Å². The number of benzene rings is 3. The van der Waals surface area contributed by atoms with Gasteiger partial charge in [0.2, 0.25) is 0 Å². The number of nitrogens with zero attached hydrogens (tertiary/aromatic N) is 1. The summed E-state index contributed by atoms with van der Waals surface area (Å²) >= 11 is 1.61. The Balaban J connectivity index is 2.04. The molecule has 0 radical (unpaired) electrons. The second-order valence-electron chi connectivity index (χ2n) is 5.34. The Morgan fingerprint density at radius 3 is 2.26 bits per heavy atom. The molecule has 0 spiro atoms. The molecule has 1 aromatic heterocycles. The van der Waals surface area contributed by atoms with Crippen molar-refractivity contribution in [2.45, 2.75) is 0 Å². The summed E-state index contributed by atoms with van der Waals surface area (Å²) in [4.78, 5) is 1.07. The largest absolute Gasteiger partial charge is 0.508 e. The first kappa shape index (κ1) is 13.6. The highest BCUT2D eigenvalue weighted by molar-refractivity contribution is 7.22. The fourth-order valence-electron chi connectivity index (χ4n) is 2.78. The van der Waals surface area contributed by atoms with Crippen molar-refractivity contribution in [3.8, 4) is 28.0 Å². The minimum Gasteiger partial charge on any atom is -0.508 e. The quantitative estimate of drug-likeness (QED) is 0.519. The van der Waals surface area contributed by atoms with Crippen molar-refractivity contribution in [2.24, 2.45) is 0 Å². The fraction of sp³-hybridized carbons (Fsp3) is 0. The van der Waals surface area contributed by atoms with Crippen LogP contribution in [-0.4, -0.2) is 10.2 Å². The van der Waals surface area contributed by atoms with E-state index in [0.29, 0.717) is 5.56 Å². The highest BCUT2D eigenvalue weighted by Gasteiger charge is 2.11. The average Bonchev–Trinajstić information content (AvgIpc) is 2.98. The summed E-state index contributed by atoms with van der Waals surface area (Å²) in [6, 6.07) is 18.4. The minimum atomic E-state index is 0.155. The SMILES string of the molecule is N#Cc1cc2sc(-c3ccc(O)cc3)cc2c2ccc(O)cc12. The first-order chi connectivity index (χ1) is 11.2. The lowest BCUT2D eigenvalue weighted by Gasteiger charge is -2.03. The number of rotatable bonds is 1. The summed E-state index contributed by atoms with van der Waals surface area (Å²) < 4.78 is 1.03. The molecule has 0 unspecified atom stereocenters. The number of hydrogen-bond acceptors (Lipinski definition) is 4. The number of aromatic hydroxyl groups is 2. The van der Waals surface area contributed by atoms with E-state index in [4.69, 9.17) is 0 Å². The number of fused-ring (bicyclic) bond motifs is 3. The standard InChI is InChI=1S/C19H11NO2S/c20-10-12-7-19-17(15-6-5-14(22)8-16(12)15)9-18(23-19)11-1-3-13(21)4-2-11/h1-9,21-22H. The Labute approximate surface area is 136 Å². The Morgan fingerprint density at radius 1 is 0.783 bits per heavy atom. The topological polar surface area (TPSA) is 64.2 Å². The molecule has 3 aromatic carbocycles. The van der Waals surface area contributed by atoms with Crippen molar-refractivity contribution in [1.82, 2.24) is 0 Å². The van der Waals surface area contributed by atoms with Crippen LogP contribution in [0.1, 0.15) is 5.56 Å². The summed E-state index contributed by atoms with van der Waals surface area (Å²) in [6.45, 7) is 0. The predicted octanol–water partition coefficient (Wildman–Crippen LogP) is 5.00. The molecule has 4 aromatic rings. The van der Waals surface area contributed by atoms with E-state index >= 15 is 0 Å². The molecule has 0 bridgehead atoms. The van der Waals surface area contributed by atoms with E-state index in [9.17, 15) is 15.5 Å². The number of thiophene rings is 1. The van der Waals surface area contributed by atoms with Crippen LogP contribution < -0.4 is 0 Å². The molecule has 110 valence electrons. The van der Waals surface area contributed by atoms with E-state index in [1.807, 2.05) is 24.3 Å². The molecule has 1 heterocycles. The predicted molar refractivity (Wildman–Crippen MR) is 92.8 cm³/mol. The van der Waals surface area contributed by atoms with Crippen molar-refractivity contribution in [3.63, 3.8) is 0 Å². The maximum Gasteiger partial charge on any atom is 0.116 e. The van der Waals surface area contributed by atoms with Crippen molar-refractivity contribution >= 4 is 32.2 Å². The zero-order valence-electron chi connectivity index (χ0n) is 11.9. The third kappa shape index (κ3) is 2.19. The lowest BCUT2D eigenvalue weighted by atomic mass is 10.0. The Bertz CT molecular complexity index is 1090. The van der Waals surface area contributed by atoms with Crippen molar-refractivity contribution < 1.29 is 10.2 Å². The van der Waals surface area contributed by atoms with Gasteiger partial charge >= 0.3 is 0 Å². The monoisotopic (exact) mass is 317 g/mol. The zero-order valence-corrected chi connectivity index (χ0v) is 12.8. The van der Waals surface area contributed by atoms with Crippen LogP contribution in [0, 0.1) is 11.3 Å². The van der Waals surface area contributed by atoms with E-state index < -0.39 is 0 Å². The summed E-state index contributed by atoms with van der Waals surface area (Å²) in [6.07, 6.45) is 0. The average molecular weight is 317 g/mol. The minimum absolute atomic E-state index is 0.155. The van der Waals surface area contributed by atoms with E-state index in [-0.39, 0.29) is 11.5 Å². The smallest absolute Gasteiger partial charge is 0.116 e. The fourth-order valence-corrected chi connectivity index (χ4v) is 3.91. The van der Waals surface area contributed by atoms with Gasteiger partial charge in [0.1, 0.15) is 11.5 Å². The molecule has 2 N–H and O–H groups in total. The first-order valence-corrected chi connectivity index (χ1v) is 7.86. The summed E-state index contributed by atoms with van der Waals surface area (Å²) in [5.74, 6) is 0.393. The van der Waals surface area contributed by atoms with Gasteiger partial charge in [0.25, 0.3) is 0 Å². The summed E-state index contributed by atoms with van der Waals surface area (Å²) in [5.41, 5.74) is 1.58. The highest BCUT2D eigenvalue weighted by Crippen LogP contribution is 2.39. The molecule has 0 atom stereocenters. The van der Waals surface area contributed by atoms with Crippen LogP contribution in [0.25, 0.3) is 31.3 Å². The lowest BCUT2D eigenvalue weighted by Crippen LogP contribution is -1.80. The molecule has 0 amide bonds. The first-order valence-electron chi connectivity index (χ1n) is 7.04. The second-order valence-corrected chi connectivity index (χ2v) is 6.42. The van der Waals surface area contributed by atoms with Crippen molar-refractivity contribution in [3.05, 3.63) is 60.2 Å². The Hall–Kier alpha value is -3.03. The van der Waals surface area contributed by atoms with Gasteiger partial charge in [-0.3, -0.25) is 0 Å². The molecule has 0 saturated heterocycles. The number of hydrogen-bond donors (Lipinski definition) is 2. The second kappa shape index (κ2) is 5.01. The van der Waals surface area contributed by atoms with Gasteiger partial charge in [-0.2, -0.15) is 5.26 Å². The van der Waals surface area contributed by atoms with Gasteiger partial charge in [0.05, 0.1) is 11.6 Å². The molecule has 0 aliphatic rings. The van der Waals surface area contributed by atoms with Crippen LogP contribution in [0.15, 0.2) is 54.6 Å². The van der Waals surface area contributed by atoms with Gasteiger partial charge in [0, 0.05) is 20.3 Å². The van der Waals surface area contributed by atoms with Crippen molar-refractivity contribution in [1.29, 1.82) is 5.26 Å². The van der Waals surface area contributed by atoms with Gasteiger partial charge < -0.3 is 10.2 Å². The van der Waals surface area contributed by atoms with Crippen LogP contribution in [0.2, 0.25) is 0 Å². The molecule has 23 heavy (non-hydrogen) atoms. The summed E-state index contributed by atoms with van der Waals surface area (Å²) in [7, 11) is 0. The Morgan fingerprint density at radius 2 is 1.52 bits per heavy atom. The van der Waals surface area contributed by atoms with E-state index in [1.54, 1.807) is 35.6 Å². The van der Waals surface area contributed by atoms with E-state index in [2.05, 4.69) is 12.1 Å². The number of phenolic OH excluding ortho intramolecular Hbond substituents is 2. The molecule has 0 saturated carbocycles. The summed E-state index contributed by atoms with van der Waals surface area (Å²) in [5, 5.41) is 31.3. The van der Waals surface area contributed by atoms with Gasteiger partial charge in [-0.15, -0.1) is 11.3 Å². The number of phenols is 2. The van der Waals surface area contributed by atoms with Crippen molar-refractivity contribution in [2.75, 3.05) is 0 Å². The third-order valence-electron chi connectivity index (χ3n) is 3.89. The van der Waals surface area contributed by atoms with Crippen LogP contribution in [0.5, 0.6) is 11.5 Å². The molecule has 0 aliphatic heterocycles. The van der Waals surface area contributed by atoms with Crippen LogP contribution >= 0.6 is 11.3 Å². The molecular formula is C19H11NO2S. The molecular weight excluding hydrogens is 306 g/mol. The molecule has 0 fully saturated rings. The lowest BCUT2D eigenvalue weighted by molar-refractivity contribution is 0.475. The normalized spacial score (nSPS) is 10.9. The molecule has 4 heteroatoms. The van der Waals surface area contributed by atoms with Gasteiger partial charge in [0.15, 0.2) is 0 Å². The molecule has 4 rings (SSSR count). The number of nitriles is 1. The van der Waals surface area contributed by atoms with Gasteiger partial charge in [-0.05, 0) is 59.5 Å². The molecule has 0 aliphatic carbocycles. The third-order valence-corrected chi connectivity index (χ3v) is 5.02. The van der Waals surface area contributed by atoms with Crippen LogP contribution in [0.4, 0.5) is 0 Å². The zero-order chi connectivity index (χ0) is 16.0.